The first kappa shape index (κ1) is 12.4. The second-order valence-corrected chi connectivity index (χ2v) is 3.93. The highest BCUT2D eigenvalue weighted by Gasteiger charge is 2.11. The van der Waals surface area contributed by atoms with Crippen molar-refractivity contribution in [2.45, 2.75) is 5.88 Å². The minimum atomic E-state index is -0.450. The van der Waals surface area contributed by atoms with E-state index in [4.69, 9.17) is 11.6 Å². The summed E-state index contributed by atoms with van der Waals surface area (Å²) in [6.45, 7) is 0. The second kappa shape index (κ2) is 5.51. The van der Waals surface area contributed by atoms with E-state index in [2.05, 4.69) is 10.3 Å². The van der Waals surface area contributed by atoms with E-state index in [9.17, 15) is 9.59 Å². The lowest BCUT2D eigenvalue weighted by Gasteiger charge is -2.08. The molecular weight excluding hydrogens is 252 g/mol. The number of pyridine rings is 1. The third-order valence-corrected chi connectivity index (χ3v) is 2.77. The number of rotatable bonds is 3. The lowest BCUT2D eigenvalue weighted by Crippen LogP contribution is -2.21. The van der Waals surface area contributed by atoms with Gasteiger partial charge in [0.25, 0.3) is 5.91 Å². The Morgan fingerprint density at radius 1 is 1.28 bits per heavy atom. The maximum absolute atomic E-state index is 11.9. The van der Waals surface area contributed by atoms with Crippen LogP contribution in [0.25, 0.3) is 0 Å². The molecule has 1 aromatic carbocycles. The number of alkyl halides is 1. The van der Waals surface area contributed by atoms with Gasteiger partial charge in [-0.3, -0.25) is 9.59 Å². The monoisotopic (exact) mass is 262 g/mol. The predicted octanol–water partition coefficient (Wildman–Crippen LogP) is 2.37. The quantitative estimate of drug-likeness (QED) is 0.834. The largest absolute Gasteiger partial charge is 0.367 e. The Balaban J connectivity index is 2.27. The minimum absolute atomic E-state index is 0.0712. The Labute approximate surface area is 109 Å². The van der Waals surface area contributed by atoms with E-state index in [1.165, 1.54) is 18.5 Å². The van der Waals surface area contributed by atoms with Gasteiger partial charge in [-0.1, -0.05) is 18.2 Å². The van der Waals surface area contributed by atoms with E-state index < -0.39 is 5.91 Å². The van der Waals surface area contributed by atoms with Crippen LogP contribution in [-0.2, 0) is 5.88 Å². The van der Waals surface area contributed by atoms with Gasteiger partial charge >= 0.3 is 0 Å². The molecular formula is C13H11ClN2O2. The Morgan fingerprint density at radius 3 is 2.78 bits per heavy atom. The van der Waals surface area contributed by atoms with Gasteiger partial charge in [0.05, 0.1) is 0 Å². The number of aromatic amines is 1. The van der Waals surface area contributed by atoms with E-state index >= 15 is 0 Å². The smallest absolute Gasteiger partial charge is 0.261 e. The van der Waals surface area contributed by atoms with Gasteiger partial charge in [0.1, 0.15) is 5.56 Å². The zero-order valence-corrected chi connectivity index (χ0v) is 10.2. The van der Waals surface area contributed by atoms with Crippen LogP contribution in [0.4, 0.5) is 5.69 Å². The first-order valence-corrected chi connectivity index (χ1v) is 5.88. The first-order valence-electron chi connectivity index (χ1n) is 5.34. The number of amides is 1. The average molecular weight is 263 g/mol. The molecule has 18 heavy (non-hydrogen) atoms. The predicted molar refractivity (Wildman–Crippen MR) is 71.0 cm³/mol. The molecule has 2 aromatic rings. The molecule has 0 saturated heterocycles. The molecule has 1 amide bonds. The van der Waals surface area contributed by atoms with Crippen LogP contribution in [0.2, 0.25) is 0 Å². The number of halogens is 1. The van der Waals surface area contributed by atoms with Crippen LogP contribution in [0.3, 0.4) is 0 Å². The number of hydrogen-bond acceptors (Lipinski definition) is 2. The summed E-state index contributed by atoms with van der Waals surface area (Å²) in [5, 5.41) is 2.68. The fraction of sp³-hybridized carbons (Fsp3) is 0.0769. The normalized spacial score (nSPS) is 10.1. The van der Waals surface area contributed by atoms with Gasteiger partial charge in [0, 0.05) is 30.0 Å². The number of para-hydroxylation sites is 1. The number of carbonyl (C=O) groups is 1. The number of benzene rings is 1. The summed E-state index contributed by atoms with van der Waals surface area (Å²) in [5.74, 6) is -0.156. The van der Waals surface area contributed by atoms with E-state index in [1.807, 2.05) is 12.1 Å². The highest BCUT2D eigenvalue weighted by Crippen LogP contribution is 2.17. The summed E-state index contributed by atoms with van der Waals surface area (Å²) in [6.07, 6.45) is 2.85. The van der Waals surface area contributed by atoms with Crippen LogP contribution >= 0.6 is 11.6 Å². The lowest BCUT2D eigenvalue weighted by atomic mass is 10.2. The molecule has 0 saturated carbocycles. The number of aromatic nitrogens is 1. The van der Waals surface area contributed by atoms with Crippen LogP contribution < -0.4 is 10.7 Å². The van der Waals surface area contributed by atoms with Crippen molar-refractivity contribution >= 4 is 23.2 Å². The van der Waals surface area contributed by atoms with Crippen molar-refractivity contribution in [2.24, 2.45) is 0 Å². The molecule has 4 nitrogen and oxygen atoms in total. The number of nitrogens with one attached hydrogen (secondary N) is 2. The molecule has 1 heterocycles. The Kier molecular flexibility index (Phi) is 3.79. The highest BCUT2D eigenvalue weighted by atomic mass is 35.5. The topological polar surface area (TPSA) is 62.0 Å². The molecule has 0 aliphatic rings. The molecule has 0 atom stereocenters. The van der Waals surface area contributed by atoms with Crippen LogP contribution in [-0.4, -0.2) is 10.9 Å². The summed E-state index contributed by atoms with van der Waals surface area (Å²) >= 11 is 5.77. The molecule has 2 N–H and O–H groups in total. The summed E-state index contributed by atoms with van der Waals surface area (Å²) in [6, 6.07) is 8.50. The SMILES string of the molecule is O=C(Nc1ccccc1CCl)c1c[nH]ccc1=O. The third-order valence-electron chi connectivity index (χ3n) is 2.48. The molecule has 0 bridgehead atoms. The number of anilines is 1. The Hall–Kier alpha value is -2.07. The molecule has 2 rings (SSSR count). The van der Waals surface area contributed by atoms with Gasteiger partial charge in [-0.15, -0.1) is 11.6 Å². The molecule has 92 valence electrons. The van der Waals surface area contributed by atoms with Crippen molar-refractivity contribution in [2.75, 3.05) is 5.32 Å². The second-order valence-electron chi connectivity index (χ2n) is 3.67. The summed E-state index contributed by atoms with van der Waals surface area (Å²) in [7, 11) is 0. The van der Waals surface area contributed by atoms with Crippen molar-refractivity contribution in [3.8, 4) is 0 Å². The maximum Gasteiger partial charge on any atom is 0.261 e. The van der Waals surface area contributed by atoms with Crippen LogP contribution in [0.5, 0.6) is 0 Å². The fourth-order valence-electron chi connectivity index (χ4n) is 1.54. The lowest BCUT2D eigenvalue weighted by molar-refractivity contribution is 0.102. The van der Waals surface area contributed by atoms with Gasteiger partial charge in [-0.25, -0.2) is 0 Å². The zero-order chi connectivity index (χ0) is 13.0. The van der Waals surface area contributed by atoms with E-state index in [1.54, 1.807) is 12.1 Å². The summed E-state index contributed by atoms with van der Waals surface area (Å²) in [4.78, 5) is 26.1. The number of hydrogen-bond donors (Lipinski definition) is 2. The molecule has 0 aliphatic heterocycles. The molecule has 0 radical (unpaired) electrons. The highest BCUT2D eigenvalue weighted by molar-refractivity contribution is 6.17. The molecule has 0 spiro atoms. The van der Waals surface area contributed by atoms with Crippen molar-refractivity contribution in [3.63, 3.8) is 0 Å². The van der Waals surface area contributed by atoms with Gasteiger partial charge in [0.2, 0.25) is 0 Å². The zero-order valence-electron chi connectivity index (χ0n) is 9.44. The maximum atomic E-state index is 11.9. The average Bonchev–Trinajstić information content (AvgIpc) is 2.39. The van der Waals surface area contributed by atoms with Gasteiger partial charge < -0.3 is 10.3 Å². The molecule has 0 unspecified atom stereocenters. The van der Waals surface area contributed by atoms with Crippen molar-refractivity contribution in [1.29, 1.82) is 0 Å². The van der Waals surface area contributed by atoms with Crippen molar-refractivity contribution in [1.82, 2.24) is 4.98 Å². The molecule has 0 aliphatic carbocycles. The van der Waals surface area contributed by atoms with Crippen LogP contribution in [0.1, 0.15) is 15.9 Å². The first-order chi connectivity index (χ1) is 8.72. The van der Waals surface area contributed by atoms with Gasteiger partial charge in [0.15, 0.2) is 5.43 Å². The molecule has 5 heteroatoms. The Morgan fingerprint density at radius 2 is 2.06 bits per heavy atom. The minimum Gasteiger partial charge on any atom is -0.367 e. The number of H-pyrrole nitrogens is 1. The standard InChI is InChI=1S/C13H11ClN2O2/c14-7-9-3-1-2-4-11(9)16-13(18)10-8-15-6-5-12(10)17/h1-6,8H,7H2,(H,15,17)(H,16,18). The van der Waals surface area contributed by atoms with E-state index in [0.717, 1.165) is 5.56 Å². The van der Waals surface area contributed by atoms with Crippen LogP contribution in [0, 0.1) is 0 Å². The van der Waals surface area contributed by atoms with Crippen molar-refractivity contribution < 1.29 is 4.79 Å². The molecule has 1 aromatic heterocycles. The van der Waals surface area contributed by atoms with E-state index in [-0.39, 0.29) is 11.0 Å². The van der Waals surface area contributed by atoms with Gasteiger partial charge in [-0.05, 0) is 11.6 Å². The molecule has 0 fully saturated rings. The van der Waals surface area contributed by atoms with E-state index in [0.29, 0.717) is 11.6 Å². The van der Waals surface area contributed by atoms with Gasteiger partial charge in [-0.2, -0.15) is 0 Å². The number of carbonyl (C=O) groups excluding carboxylic acids is 1. The van der Waals surface area contributed by atoms with Crippen LogP contribution in [0.15, 0.2) is 47.5 Å². The summed E-state index contributed by atoms with van der Waals surface area (Å²) < 4.78 is 0. The third kappa shape index (κ3) is 2.60. The fourth-order valence-corrected chi connectivity index (χ4v) is 1.78. The summed E-state index contributed by atoms with van der Waals surface area (Å²) in [5.41, 5.74) is 1.16. The Bertz CT molecular complexity index is 622. The van der Waals surface area contributed by atoms with Crippen molar-refractivity contribution in [3.05, 3.63) is 64.1 Å².